The van der Waals surface area contributed by atoms with Crippen LogP contribution in [-0.4, -0.2) is 17.3 Å². The molecule has 110 valence electrons. The Labute approximate surface area is 127 Å². The first-order chi connectivity index (χ1) is 9.61. The van der Waals surface area contributed by atoms with Crippen LogP contribution in [0, 0.1) is 11.7 Å². The fourth-order valence-electron chi connectivity index (χ4n) is 3.73. The third kappa shape index (κ3) is 2.66. The van der Waals surface area contributed by atoms with Crippen LogP contribution in [0.25, 0.3) is 0 Å². The van der Waals surface area contributed by atoms with E-state index in [2.05, 4.69) is 15.9 Å². The molecule has 0 radical (unpaired) electrons. The number of rotatable bonds is 2. The van der Waals surface area contributed by atoms with Gasteiger partial charge >= 0.3 is 0 Å². The third-order valence-corrected chi connectivity index (χ3v) is 5.48. The van der Waals surface area contributed by atoms with Crippen molar-refractivity contribution in [3.05, 3.63) is 34.1 Å². The zero-order valence-corrected chi connectivity index (χ0v) is 13.0. The number of halogens is 2. The Morgan fingerprint density at radius 2 is 2.10 bits per heavy atom. The van der Waals surface area contributed by atoms with Crippen LogP contribution in [0.1, 0.15) is 50.2 Å². The maximum atomic E-state index is 14.0. The SMILES string of the molecule is OC(c1c(F)cccc1Br)C1CCOC2(CCCC2)C1. The van der Waals surface area contributed by atoms with Gasteiger partial charge in [0.15, 0.2) is 0 Å². The molecule has 2 nitrogen and oxygen atoms in total. The summed E-state index contributed by atoms with van der Waals surface area (Å²) < 4.78 is 20.6. The summed E-state index contributed by atoms with van der Waals surface area (Å²) in [5.74, 6) is -0.256. The molecule has 1 aliphatic heterocycles. The third-order valence-electron chi connectivity index (χ3n) is 4.79. The minimum atomic E-state index is -0.757. The fourth-order valence-corrected chi connectivity index (χ4v) is 4.31. The Hall–Kier alpha value is -0.450. The van der Waals surface area contributed by atoms with Crippen LogP contribution < -0.4 is 0 Å². The second-order valence-electron chi connectivity index (χ2n) is 6.07. The van der Waals surface area contributed by atoms with Crippen LogP contribution >= 0.6 is 15.9 Å². The van der Waals surface area contributed by atoms with Crippen LogP contribution in [0.4, 0.5) is 4.39 Å². The van der Waals surface area contributed by atoms with E-state index < -0.39 is 6.10 Å². The van der Waals surface area contributed by atoms with Crippen molar-refractivity contribution in [2.45, 2.75) is 50.2 Å². The average Bonchev–Trinajstić information content (AvgIpc) is 2.86. The number of ether oxygens (including phenoxy) is 1. The molecule has 1 aromatic rings. The topological polar surface area (TPSA) is 29.5 Å². The number of hydrogen-bond donors (Lipinski definition) is 1. The van der Waals surface area contributed by atoms with Crippen molar-refractivity contribution < 1.29 is 14.2 Å². The highest BCUT2D eigenvalue weighted by Crippen LogP contribution is 2.46. The van der Waals surface area contributed by atoms with E-state index in [1.807, 2.05) is 0 Å². The van der Waals surface area contributed by atoms with Gasteiger partial charge in [-0.25, -0.2) is 4.39 Å². The van der Waals surface area contributed by atoms with Gasteiger partial charge in [-0.2, -0.15) is 0 Å². The van der Waals surface area contributed by atoms with Gasteiger partial charge in [0.25, 0.3) is 0 Å². The smallest absolute Gasteiger partial charge is 0.130 e. The summed E-state index contributed by atoms with van der Waals surface area (Å²) in [4.78, 5) is 0. The minimum absolute atomic E-state index is 0.0539. The quantitative estimate of drug-likeness (QED) is 0.865. The highest BCUT2D eigenvalue weighted by atomic mass is 79.9. The van der Waals surface area contributed by atoms with E-state index in [9.17, 15) is 9.50 Å². The first-order valence-electron chi connectivity index (χ1n) is 7.37. The van der Waals surface area contributed by atoms with Crippen molar-refractivity contribution in [2.24, 2.45) is 5.92 Å². The second-order valence-corrected chi connectivity index (χ2v) is 6.93. The maximum Gasteiger partial charge on any atom is 0.130 e. The summed E-state index contributed by atoms with van der Waals surface area (Å²) in [5, 5.41) is 10.6. The van der Waals surface area contributed by atoms with Crippen LogP contribution in [0.3, 0.4) is 0 Å². The Balaban J connectivity index is 1.81. The molecule has 4 heteroatoms. The molecule has 2 unspecified atom stereocenters. The maximum absolute atomic E-state index is 14.0. The fraction of sp³-hybridized carbons (Fsp3) is 0.625. The summed E-state index contributed by atoms with van der Waals surface area (Å²) in [6.07, 6.45) is 5.44. The second kappa shape index (κ2) is 5.74. The molecule has 0 bridgehead atoms. The van der Waals surface area contributed by atoms with Crippen LogP contribution in [-0.2, 0) is 4.74 Å². The molecule has 1 spiro atoms. The van der Waals surface area contributed by atoms with Crippen molar-refractivity contribution in [1.82, 2.24) is 0 Å². The normalized spacial score (nSPS) is 26.9. The van der Waals surface area contributed by atoms with Crippen LogP contribution in [0.5, 0.6) is 0 Å². The Morgan fingerprint density at radius 1 is 1.35 bits per heavy atom. The highest BCUT2D eigenvalue weighted by molar-refractivity contribution is 9.10. The van der Waals surface area contributed by atoms with Crippen molar-refractivity contribution in [3.8, 4) is 0 Å². The van der Waals surface area contributed by atoms with E-state index in [1.165, 1.54) is 18.9 Å². The first kappa shape index (κ1) is 14.5. The van der Waals surface area contributed by atoms with E-state index in [0.29, 0.717) is 16.6 Å². The van der Waals surface area contributed by atoms with E-state index in [1.54, 1.807) is 12.1 Å². The van der Waals surface area contributed by atoms with Gasteiger partial charge in [0.05, 0.1) is 11.7 Å². The molecule has 20 heavy (non-hydrogen) atoms. The minimum Gasteiger partial charge on any atom is -0.388 e. The Kier molecular flexibility index (Phi) is 4.16. The number of hydrogen-bond acceptors (Lipinski definition) is 2. The van der Waals surface area contributed by atoms with Gasteiger partial charge in [-0.3, -0.25) is 0 Å². The van der Waals surface area contributed by atoms with Crippen LogP contribution in [0.2, 0.25) is 0 Å². The summed E-state index contributed by atoms with van der Waals surface area (Å²) >= 11 is 3.36. The lowest BCUT2D eigenvalue weighted by atomic mass is 9.80. The van der Waals surface area contributed by atoms with Crippen molar-refractivity contribution in [1.29, 1.82) is 0 Å². The zero-order chi connectivity index (χ0) is 14.2. The zero-order valence-electron chi connectivity index (χ0n) is 11.4. The van der Waals surface area contributed by atoms with Gasteiger partial charge in [-0.15, -0.1) is 0 Å². The largest absolute Gasteiger partial charge is 0.388 e. The van der Waals surface area contributed by atoms with Gasteiger partial charge in [0.2, 0.25) is 0 Å². The molecule has 1 saturated carbocycles. The standard InChI is InChI=1S/C16H20BrFO2/c17-12-4-3-5-13(18)14(12)15(19)11-6-9-20-16(10-11)7-1-2-8-16/h3-5,11,15,19H,1-2,6-10H2. The molecule has 3 rings (SSSR count). The van der Waals surface area contributed by atoms with E-state index in [0.717, 1.165) is 25.7 Å². The molecule has 0 aromatic heterocycles. The van der Waals surface area contributed by atoms with Gasteiger partial charge < -0.3 is 9.84 Å². The number of aliphatic hydroxyl groups is 1. The van der Waals surface area contributed by atoms with Gasteiger partial charge in [-0.05, 0) is 43.7 Å². The van der Waals surface area contributed by atoms with Gasteiger partial charge in [0.1, 0.15) is 5.82 Å². The average molecular weight is 343 g/mol. The molecule has 1 aromatic carbocycles. The molecule has 0 amide bonds. The van der Waals surface area contributed by atoms with E-state index >= 15 is 0 Å². The Bertz CT molecular complexity index is 465. The molecule has 1 N–H and O–H groups in total. The highest BCUT2D eigenvalue weighted by Gasteiger charge is 2.42. The molecular weight excluding hydrogens is 323 g/mol. The predicted molar refractivity (Wildman–Crippen MR) is 78.9 cm³/mol. The van der Waals surface area contributed by atoms with Crippen LogP contribution in [0.15, 0.2) is 22.7 Å². The Morgan fingerprint density at radius 3 is 2.80 bits per heavy atom. The molecular formula is C16H20BrFO2. The molecule has 2 fully saturated rings. The first-order valence-corrected chi connectivity index (χ1v) is 8.17. The molecule has 1 heterocycles. The van der Waals surface area contributed by atoms with Gasteiger partial charge in [-0.1, -0.05) is 34.8 Å². The molecule has 1 aliphatic carbocycles. The van der Waals surface area contributed by atoms with E-state index in [4.69, 9.17) is 4.74 Å². The predicted octanol–water partition coefficient (Wildman–Crippen LogP) is 4.36. The molecule has 2 atom stereocenters. The van der Waals surface area contributed by atoms with Crippen molar-refractivity contribution in [2.75, 3.05) is 6.61 Å². The van der Waals surface area contributed by atoms with Crippen molar-refractivity contribution in [3.63, 3.8) is 0 Å². The van der Waals surface area contributed by atoms with Crippen molar-refractivity contribution >= 4 is 15.9 Å². The number of aliphatic hydroxyl groups excluding tert-OH is 1. The summed E-state index contributed by atoms with van der Waals surface area (Å²) in [6.45, 7) is 0.674. The van der Waals surface area contributed by atoms with Gasteiger partial charge in [0, 0.05) is 16.6 Å². The van der Waals surface area contributed by atoms with E-state index in [-0.39, 0.29) is 17.3 Å². The molecule has 1 saturated heterocycles. The lowest BCUT2D eigenvalue weighted by Crippen LogP contribution is -2.39. The molecule has 2 aliphatic rings. The summed E-state index contributed by atoms with van der Waals surface area (Å²) in [5.41, 5.74) is 0.342. The summed E-state index contributed by atoms with van der Waals surface area (Å²) in [7, 11) is 0. The number of benzene rings is 1. The summed E-state index contributed by atoms with van der Waals surface area (Å²) in [6, 6.07) is 4.85. The lowest BCUT2D eigenvalue weighted by molar-refractivity contribution is -0.113. The monoisotopic (exact) mass is 342 g/mol. The lowest BCUT2D eigenvalue weighted by Gasteiger charge is -2.40.